The van der Waals surface area contributed by atoms with E-state index in [1.165, 1.54) is 70.6 Å². The van der Waals surface area contributed by atoms with Crippen molar-refractivity contribution in [3.63, 3.8) is 0 Å². The molecule has 2 heterocycles. The van der Waals surface area contributed by atoms with Crippen molar-refractivity contribution in [2.75, 3.05) is 32.7 Å². The molecule has 30 heavy (non-hydrogen) atoms. The quantitative estimate of drug-likeness (QED) is 0.265. The van der Waals surface area contributed by atoms with E-state index < -0.39 is 0 Å². The maximum Gasteiger partial charge on any atom is 0.306 e. The van der Waals surface area contributed by atoms with E-state index in [0.29, 0.717) is 19.4 Å². The predicted octanol–water partition coefficient (Wildman–Crippen LogP) is 5.32. The van der Waals surface area contributed by atoms with Crippen molar-refractivity contribution in [1.82, 2.24) is 9.80 Å². The first-order valence-corrected chi connectivity index (χ1v) is 12.9. The highest BCUT2D eigenvalue weighted by Crippen LogP contribution is 2.16. The summed E-state index contributed by atoms with van der Waals surface area (Å²) in [5.74, 6) is 0.135. The Labute approximate surface area is 184 Å². The van der Waals surface area contributed by atoms with E-state index in [-0.39, 0.29) is 18.0 Å². The van der Waals surface area contributed by atoms with Crippen molar-refractivity contribution in [3.8, 4) is 0 Å². The van der Waals surface area contributed by atoms with Crippen LogP contribution in [0, 0.1) is 0 Å². The second-order valence-electron chi connectivity index (χ2n) is 9.35. The predicted molar refractivity (Wildman–Crippen MR) is 122 cm³/mol. The van der Waals surface area contributed by atoms with E-state index in [4.69, 9.17) is 4.74 Å². The molecule has 0 aromatic heterocycles. The Balaban J connectivity index is 1.67. The lowest BCUT2D eigenvalue weighted by Crippen LogP contribution is -2.43. The van der Waals surface area contributed by atoms with Gasteiger partial charge in [0.1, 0.15) is 6.10 Å². The van der Waals surface area contributed by atoms with Gasteiger partial charge in [-0.1, -0.05) is 71.1 Å². The van der Waals surface area contributed by atoms with Crippen molar-refractivity contribution < 1.29 is 14.3 Å². The molecule has 5 nitrogen and oxygen atoms in total. The summed E-state index contributed by atoms with van der Waals surface area (Å²) in [5, 5.41) is 0. The van der Waals surface area contributed by atoms with E-state index in [1.54, 1.807) is 0 Å². The second-order valence-corrected chi connectivity index (χ2v) is 9.35. The average molecular weight is 423 g/mol. The SMILES string of the molecule is CCCCCCCCCCCC(=O)OC(CN1CCCCCC1)CN1CCCC1=O. The lowest BCUT2D eigenvalue weighted by molar-refractivity contribution is -0.152. The van der Waals surface area contributed by atoms with Gasteiger partial charge in [-0.15, -0.1) is 0 Å². The van der Waals surface area contributed by atoms with Gasteiger partial charge in [0.2, 0.25) is 5.91 Å². The van der Waals surface area contributed by atoms with Crippen LogP contribution in [0.4, 0.5) is 0 Å². The first kappa shape index (κ1) is 25.2. The number of hydrogen-bond donors (Lipinski definition) is 0. The number of amides is 1. The molecule has 0 aromatic carbocycles. The third-order valence-corrected chi connectivity index (χ3v) is 6.54. The normalized spacial score (nSPS) is 19.1. The van der Waals surface area contributed by atoms with E-state index in [2.05, 4.69) is 11.8 Å². The molecule has 1 unspecified atom stereocenters. The molecule has 0 spiro atoms. The highest BCUT2D eigenvalue weighted by atomic mass is 16.5. The van der Waals surface area contributed by atoms with Gasteiger partial charge in [0.05, 0.1) is 6.54 Å². The smallest absolute Gasteiger partial charge is 0.306 e. The third kappa shape index (κ3) is 10.8. The monoisotopic (exact) mass is 422 g/mol. The minimum absolute atomic E-state index is 0.0792. The highest BCUT2D eigenvalue weighted by molar-refractivity contribution is 5.78. The Kier molecular flexibility index (Phi) is 13.1. The van der Waals surface area contributed by atoms with Crippen molar-refractivity contribution in [1.29, 1.82) is 0 Å². The van der Waals surface area contributed by atoms with Crippen LogP contribution in [0.2, 0.25) is 0 Å². The van der Waals surface area contributed by atoms with Gasteiger partial charge < -0.3 is 9.64 Å². The fourth-order valence-electron chi connectivity index (χ4n) is 4.71. The molecular weight excluding hydrogens is 376 g/mol. The molecule has 0 bridgehead atoms. The number of esters is 1. The second kappa shape index (κ2) is 15.7. The summed E-state index contributed by atoms with van der Waals surface area (Å²) >= 11 is 0. The van der Waals surface area contributed by atoms with Crippen molar-refractivity contribution in [3.05, 3.63) is 0 Å². The summed E-state index contributed by atoms with van der Waals surface area (Å²) in [6, 6.07) is 0. The highest BCUT2D eigenvalue weighted by Gasteiger charge is 2.27. The van der Waals surface area contributed by atoms with Crippen LogP contribution in [0.5, 0.6) is 0 Å². The van der Waals surface area contributed by atoms with Gasteiger partial charge in [0.15, 0.2) is 0 Å². The molecule has 0 saturated carbocycles. The topological polar surface area (TPSA) is 49.9 Å². The van der Waals surface area contributed by atoms with Crippen LogP contribution in [0.3, 0.4) is 0 Å². The molecule has 2 aliphatic heterocycles. The maximum atomic E-state index is 12.5. The lowest BCUT2D eigenvalue weighted by atomic mass is 10.1. The summed E-state index contributed by atoms with van der Waals surface area (Å²) in [6.45, 7) is 6.57. The Morgan fingerprint density at radius 3 is 2.07 bits per heavy atom. The van der Waals surface area contributed by atoms with Crippen LogP contribution in [-0.4, -0.2) is 60.5 Å². The van der Waals surface area contributed by atoms with E-state index in [9.17, 15) is 9.59 Å². The van der Waals surface area contributed by atoms with E-state index in [1.807, 2.05) is 4.90 Å². The van der Waals surface area contributed by atoms with Gasteiger partial charge in [-0.25, -0.2) is 0 Å². The number of ether oxygens (including phenoxy) is 1. The summed E-state index contributed by atoms with van der Waals surface area (Å²) in [5.41, 5.74) is 0. The number of rotatable bonds is 15. The molecule has 2 fully saturated rings. The molecule has 2 saturated heterocycles. The summed E-state index contributed by atoms with van der Waals surface area (Å²) in [6.07, 6.45) is 18.2. The zero-order valence-corrected chi connectivity index (χ0v) is 19.5. The van der Waals surface area contributed by atoms with Crippen LogP contribution in [-0.2, 0) is 14.3 Å². The summed E-state index contributed by atoms with van der Waals surface area (Å²) in [4.78, 5) is 28.9. The van der Waals surface area contributed by atoms with Gasteiger partial charge in [0, 0.05) is 25.9 Å². The standard InChI is InChI=1S/C25H46N2O3/c1-2-3-4-5-6-7-8-9-12-17-25(29)30-23(22-27-20-15-16-24(27)28)21-26-18-13-10-11-14-19-26/h23H,2-22H2,1H3. The summed E-state index contributed by atoms with van der Waals surface area (Å²) < 4.78 is 5.90. The van der Waals surface area contributed by atoms with Gasteiger partial charge in [-0.05, 0) is 38.8 Å². The Bertz CT molecular complexity index is 475. The van der Waals surface area contributed by atoms with Crippen LogP contribution in [0.1, 0.15) is 110 Å². The number of nitrogens with zero attached hydrogens (tertiary/aromatic N) is 2. The molecule has 2 aliphatic rings. The minimum Gasteiger partial charge on any atom is -0.459 e. The van der Waals surface area contributed by atoms with E-state index in [0.717, 1.165) is 45.4 Å². The maximum absolute atomic E-state index is 12.5. The Morgan fingerprint density at radius 1 is 0.833 bits per heavy atom. The largest absolute Gasteiger partial charge is 0.459 e. The summed E-state index contributed by atoms with van der Waals surface area (Å²) in [7, 11) is 0. The molecular formula is C25H46N2O3. The first-order valence-electron chi connectivity index (χ1n) is 12.9. The number of hydrogen-bond acceptors (Lipinski definition) is 4. The van der Waals surface area contributed by atoms with Gasteiger partial charge >= 0.3 is 5.97 Å². The van der Waals surface area contributed by atoms with Gasteiger partial charge in [-0.3, -0.25) is 14.5 Å². The molecule has 1 amide bonds. The molecule has 0 N–H and O–H groups in total. The Hall–Kier alpha value is -1.10. The number of carbonyl (C=O) groups excluding carboxylic acids is 2. The number of carbonyl (C=O) groups is 2. The number of unbranched alkanes of at least 4 members (excludes halogenated alkanes) is 8. The number of likely N-dealkylation sites (tertiary alicyclic amines) is 2. The van der Waals surface area contributed by atoms with Crippen LogP contribution in [0.25, 0.3) is 0 Å². The molecule has 174 valence electrons. The van der Waals surface area contributed by atoms with Crippen LogP contribution >= 0.6 is 0 Å². The Morgan fingerprint density at radius 2 is 1.47 bits per heavy atom. The van der Waals surface area contributed by atoms with Crippen LogP contribution in [0.15, 0.2) is 0 Å². The average Bonchev–Trinajstić information content (AvgIpc) is 2.96. The van der Waals surface area contributed by atoms with Crippen molar-refractivity contribution >= 4 is 11.9 Å². The lowest BCUT2D eigenvalue weighted by Gasteiger charge is -2.29. The molecule has 0 radical (unpaired) electrons. The van der Waals surface area contributed by atoms with Gasteiger partial charge in [-0.2, -0.15) is 0 Å². The van der Waals surface area contributed by atoms with Crippen LogP contribution < -0.4 is 0 Å². The zero-order valence-electron chi connectivity index (χ0n) is 19.5. The molecule has 0 aliphatic carbocycles. The van der Waals surface area contributed by atoms with Crippen molar-refractivity contribution in [2.45, 2.75) is 116 Å². The fourth-order valence-corrected chi connectivity index (χ4v) is 4.71. The minimum atomic E-state index is -0.184. The molecule has 5 heteroatoms. The molecule has 0 aromatic rings. The third-order valence-electron chi connectivity index (χ3n) is 6.54. The van der Waals surface area contributed by atoms with Gasteiger partial charge in [0.25, 0.3) is 0 Å². The molecule has 1 atom stereocenters. The fraction of sp³-hybridized carbons (Fsp3) is 0.920. The van der Waals surface area contributed by atoms with Crippen molar-refractivity contribution in [2.24, 2.45) is 0 Å². The first-order chi connectivity index (χ1) is 14.7. The molecule has 2 rings (SSSR count). The van der Waals surface area contributed by atoms with E-state index >= 15 is 0 Å². The zero-order chi connectivity index (χ0) is 21.4.